The fourth-order valence-corrected chi connectivity index (χ4v) is 8.45. The molecule has 0 aliphatic heterocycles. The molecular weight excluding hydrogens is 731 g/mol. The van der Waals surface area contributed by atoms with Gasteiger partial charge >= 0.3 is 0 Å². The van der Waals surface area contributed by atoms with Crippen molar-refractivity contribution in [1.82, 2.24) is 34.7 Å². The van der Waals surface area contributed by atoms with E-state index >= 15 is 0 Å². The Bertz CT molecular complexity index is 2900. The lowest BCUT2D eigenvalue weighted by molar-refractivity contribution is 0.0955. The number of rotatable bonds is 11. The summed E-state index contributed by atoms with van der Waals surface area (Å²) in [6.07, 6.45) is 3.54. The molecule has 8 aromatic rings. The Morgan fingerprint density at radius 1 is 0.644 bits per heavy atom. The smallest absolute Gasteiger partial charge is 0.251 e. The number of carbonyl (C=O) groups excluding carboxylic acids is 2. The van der Waals surface area contributed by atoms with Crippen LogP contribution in [-0.2, 0) is 13.0 Å². The van der Waals surface area contributed by atoms with E-state index in [2.05, 4.69) is 121 Å². The van der Waals surface area contributed by atoms with Crippen molar-refractivity contribution in [2.24, 2.45) is 0 Å². The normalized spacial score (nSPS) is 11.9. The number of aryl methyl sites for hydroxylation is 5. The van der Waals surface area contributed by atoms with Gasteiger partial charge in [0.05, 0.1) is 22.1 Å². The first kappa shape index (κ1) is 39.0. The third-order valence-electron chi connectivity index (χ3n) is 11.5. The number of aromatic nitrogens is 5. The summed E-state index contributed by atoms with van der Waals surface area (Å²) in [6, 6.07) is 37.4. The summed E-state index contributed by atoms with van der Waals surface area (Å²) in [6.45, 7) is 11.5. The van der Waals surface area contributed by atoms with Crippen LogP contribution >= 0.6 is 0 Å². The number of hydrogen-bond donors (Lipinski definition) is 2. The molecule has 2 N–H and O–H groups in total. The van der Waals surface area contributed by atoms with Gasteiger partial charge in [0.15, 0.2) is 5.82 Å². The topological polar surface area (TPSA) is 107 Å². The highest BCUT2D eigenvalue weighted by Gasteiger charge is 2.23. The molecule has 59 heavy (non-hydrogen) atoms. The molecule has 1 atom stereocenters. The van der Waals surface area contributed by atoms with Crippen LogP contribution in [0.2, 0.25) is 0 Å². The van der Waals surface area contributed by atoms with Gasteiger partial charge in [-0.25, -0.2) is 9.97 Å². The molecule has 3 heterocycles. The van der Waals surface area contributed by atoms with Crippen LogP contribution in [0.5, 0.6) is 0 Å². The maximum absolute atomic E-state index is 12.7. The van der Waals surface area contributed by atoms with Crippen molar-refractivity contribution in [3.05, 3.63) is 149 Å². The highest BCUT2D eigenvalue weighted by molar-refractivity contribution is 5.99. The summed E-state index contributed by atoms with van der Waals surface area (Å²) < 4.78 is 4.51. The van der Waals surface area contributed by atoms with Crippen molar-refractivity contribution in [2.45, 2.75) is 60.0 Å². The molecule has 9 heteroatoms. The summed E-state index contributed by atoms with van der Waals surface area (Å²) in [4.78, 5) is 40.3. The second-order valence-electron chi connectivity index (χ2n) is 15.4. The van der Waals surface area contributed by atoms with Crippen LogP contribution in [0.15, 0.2) is 115 Å². The molecule has 0 radical (unpaired) electrons. The second-order valence-corrected chi connectivity index (χ2v) is 15.4. The van der Waals surface area contributed by atoms with E-state index in [1.54, 1.807) is 14.1 Å². The lowest BCUT2D eigenvalue weighted by atomic mass is 9.94. The molecule has 2 amide bonds. The summed E-state index contributed by atoms with van der Waals surface area (Å²) >= 11 is 0. The summed E-state index contributed by atoms with van der Waals surface area (Å²) in [7, 11) is 3.28. The first-order chi connectivity index (χ1) is 28.6. The van der Waals surface area contributed by atoms with Gasteiger partial charge in [-0.2, -0.15) is 0 Å². The van der Waals surface area contributed by atoms with Gasteiger partial charge in [-0.05, 0) is 123 Å². The van der Waals surface area contributed by atoms with E-state index in [0.717, 1.165) is 80.1 Å². The third-order valence-corrected chi connectivity index (χ3v) is 11.5. The van der Waals surface area contributed by atoms with Crippen molar-refractivity contribution in [3.8, 4) is 45.2 Å². The van der Waals surface area contributed by atoms with Crippen molar-refractivity contribution < 1.29 is 9.59 Å². The maximum atomic E-state index is 12.7. The molecule has 0 aliphatic carbocycles. The van der Waals surface area contributed by atoms with Crippen LogP contribution in [0.3, 0.4) is 0 Å². The highest BCUT2D eigenvalue weighted by atomic mass is 16.2. The summed E-state index contributed by atoms with van der Waals surface area (Å²) in [5, 5.41) is 5.46. The fourth-order valence-electron chi connectivity index (χ4n) is 8.45. The number of benzene rings is 5. The van der Waals surface area contributed by atoms with Gasteiger partial charge in [0.25, 0.3) is 11.8 Å². The van der Waals surface area contributed by atoms with Gasteiger partial charge in [0.1, 0.15) is 11.5 Å². The maximum Gasteiger partial charge on any atom is 0.251 e. The van der Waals surface area contributed by atoms with Gasteiger partial charge in [-0.15, -0.1) is 0 Å². The number of fused-ring (bicyclic) bond motifs is 2. The molecule has 0 aliphatic rings. The Morgan fingerprint density at radius 3 is 1.93 bits per heavy atom. The van der Waals surface area contributed by atoms with Crippen LogP contribution in [0, 0.1) is 20.8 Å². The molecule has 8 rings (SSSR count). The van der Waals surface area contributed by atoms with Gasteiger partial charge in [-0.1, -0.05) is 72.3 Å². The quantitative estimate of drug-likeness (QED) is 0.136. The standard InChI is InChI=1S/C50H49N7O2/c1-8-56-44-23-19-35(49(58)51-6)28-42(44)55-48(56)46-40(14-11-25-53-46)38-22-18-34(27-32(38)4)17-16-33(5)57-45-24-20-36(50(59)52-7)29-43(45)54-47(57)41-13-10-9-12-39(41)37-21-15-30(2)26-31(37)3/h9-15,18-29,33H,8,16-17H2,1-7H3,(H,51,58)(H,52,59). The van der Waals surface area contributed by atoms with Crippen molar-refractivity contribution in [1.29, 1.82) is 0 Å². The number of pyridine rings is 1. The van der Waals surface area contributed by atoms with Gasteiger partial charge in [-0.3, -0.25) is 14.6 Å². The number of carbonyl (C=O) groups is 2. The van der Waals surface area contributed by atoms with Crippen LogP contribution in [-0.4, -0.2) is 50.0 Å². The van der Waals surface area contributed by atoms with Crippen molar-refractivity contribution >= 4 is 33.9 Å². The highest BCUT2D eigenvalue weighted by Crippen LogP contribution is 2.39. The molecule has 296 valence electrons. The Hall–Kier alpha value is -6.87. The minimum absolute atomic E-state index is 0.0869. The van der Waals surface area contributed by atoms with E-state index in [1.165, 1.54) is 22.3 Å². The molecule has 0 saturated heterocycles. The Morgan fingerprint density at radius 2 is 1.25 bits per heavy atom. The van der Waals surface area contributed by atoms with E-state index in [-0.39, 0.29) is 17.9 Å². The predicted molar refractivity (Wildman–Crippen MR) is 239 cm³/mol. The van der Waals surface area contributed by atoms with E-state index in [9.17, 15) is 9.59 Å². The largest absolute Gasteiger partial charge is 0.355 e. The first-order valence-electron chi connectivity index (χ1n) is 20.3. The van der Waals surface area contributed by atoms with E-state index < -0.39 is 0 Å². The number of nitrogens with zero attached hydrogens (tertiary/aromatic N) is 5. The molecular formula is C50H49N7O2. The van der Waals surface area contributed by atoms with Crippen LogP contribution in [0.4, 0.5) is 0 Å². The zero-order valence-electron chi connectivity index (χ0n) is 34.7. The molecule has 9 nitrogen and oxygen atoms in total. The van der Waals surface area contributed by atoms with Gasteiger partial charge < -0.3 is 19.8 Å². The van der Waals surface area contributed by atoms with Crippen LogP contribution in [0.1, 0.15) is 69.3 Å². The SMILES string of the molecule is CCn1c(-c2ncccc2-c2ccc(CCC(C)n3c(-c4ccccc4-c4ccc(C)cc4C)nc4cc(C(=O)NC)ccc43)cc2C)nc2cc(C(=O)NC)ccc21. The molecule has 1 unspecified atom stereocenters. The number of amides is 2. The first-order valence-corrected chi connectivity index (χ1v) is 20.3. The van der Waals surface area contributed by atoms with Crippen LogP contribution < -0.4 is 10.6 Å². The average Bonchev–Trinajstić information content (AvgIpc) is 3.83. The molecule has 0 spiro atoms. The summed E-state index contributed by atoms with van der Waals surface area (Å²) in [5.41, 5.74) is 15.8. The summed E-state index contributed by atoms with van der Waals surface area (Å²) in [5.74, 6) is 1.38. The number of imidazole rings is 2. The minimum Gasteiger partial charge on any atom is -0.355 e. The van der Waals surface area contributed by atoms with Gasteiger partial charge in [0.2, 0.25) is 0 Å². The monoisotopic (exact) mass is 779 g/mol. The zero-order valence-corrected chi connectivity index (χ0v) is 34.7. The fraction of sp³-hybridized carbons (Fsp3) is 0.220. The second kappa shape index (κ2) is 16.2. The molecule has 0 saturated carbocycles. The zero-order chi connectivity index (χ0) is 41.4. The lowest BCUT2D eigenvalue weighted by Crippen LogP contribution is -2.17. The lowest BCUT2D eigenvalue weighted by Gasteiger charge is -2.20. The molecule has 3 aromatic heterocycles. The van der Waals surface area contributed by atoms with E-state index in [0.29, 0.717) is 17.7 Å². The van der Waals surface area contributed by atoms with Gasteiger partial charge in [0, 0.05) is 55.1 Å². The minimum atomic E-state index is -0.142. The molecule has 0 fully saturated rings. The van der Waals surface area contributed by atoms with Crippen LogP contribution in [0.25, 0.3) is 67.2 Å². The number of nitrogens with one attached hydrogen (secondary N) is 2. The van der Waals surface area contributed by atoms with Crippen molar-refractivity contribution in [3.63, 3.8) is 0 Å². The number of hydrogen-bond acceptors (Lipinski definition) is 5. The molecule has 5 aromatic carbocycles. The average molecular weight is 780 g/mol. The van der Waals surface area contributed by atoms with E-state index in [1.807, 2.05) is 48.7 Å². The molecule has 0 bridgehead atoms. The third kappa shape index (κ3) is 7.29. The Labute approximate surface area is 345 Å². The van der Waals surface area contributed by atoms with Crippen molar-refractivity contribution in [2.75, 3.05) is 14.1 Å². The predicted octanol–water partition coefficient (Wildman–Crippen LogP) is 10.3. The Kier molecular flexibility index (Phi) is 10.7. The van der Waals surface area contributed by atoms with E-state index in [4.69, 9.17) is 15.0 Å². The Balaban J connectivity index is 1.13.